The number of rotatable bonds is 5. The van der Waals surface area contributed by atoms with Crippen molar-refractivity contribution >= 4 is 21.6 Å². The molecule has 1 saturated carbocycles. The van der Waals surface area contributed by atoms with Crippen molar-refractivity contribution in [1.29, 1.82) is 0 Å². The summed E-state index contributed by atoms with van der Waals surface area (Å²) in [5, 5.41) is 1.23. The molecule has 2 heterocycles. The van der Waals surface area contributed by atoms with Gasteiger partial charge in [0, 0.05) is 10.9 Å². The topological polar surface area (TPSA) is 38.3 Å². The molecule has 2 aliphatic rings. The number of hydrogen-bond acceptors (Lipinski definition) is 5. The lowest BCUT2D eigenvalue weighted by atomic mass is 9.84. The molecule has 0 amide bonds. The predicted molar refractivity (Wildman–Crippen MR) is 120 cm³/mol. The van der Waals surface area contributed by atoms with Gasteiger partial charge in [0.2, 0.25) is 5.88 Å². The van der Waals surface area contributed by atoms with E-state index in [2.05, 4.69) is 35.9 Å². The predicted octanol–water partition coefficient (Wildman–Crippen LogP) is 5.87. The van der Waals surface area contributed by atoms with Crippen molar-refractivity contribution in [2.24, 2.45) is 5.92 Å². The van der Waals surface area contributed by atoms with Gasteiger partial charge in [0.05, 0.1) is 5.39 Å². The number of aromatic nitrogens is 2. The van der Waals surface area contributed by atoms with Gasteiger partial charge < -0.3 is 9.64 Å². The number of hydrogen-bond donors (Lipinski definition) is 0. The Morgan fingerprint density at radius 2 is 1.86 bits per heavy atom. The molecule has 4 nitrogen and oxygen atoms in total. The Labute approximate surface area is 174 Å². The van der Waals surface area contributed by atoms with E-state index in [0.717, 1.165) is 29.5 Å². The second kappa shape index (κ2) is 10.0. The van der Waals surface area contributed by atoms with Crippen LogP contribution in [0.5, 0.6) is 5.88 Å². The third kappa shape index (κ3) is 4.68. The van der Waals surface area contributed by atoms with Crippen LogP contribution < -0.4 is 4.74 Å². The van der Waals surface area contributed by atoms with Crippen molar-refractivity contribution in [3.8, 4) is 5.88 Å². The van der Waals surface area contributed by atoms with Gasteiger partial charge in [-0.3, -0.25) is 0 Å². The van der Waals surface area contributed by atoms with Gasteiger partial charge in [0.1, 0.15) is 17.3 Å². The van der Waals surface area contributed by atoms with Gasteiger partial charge >= 0.3 is 0 Å². The van der Waals surface area contributed by atoms with Gasteiger partial charge in [0.15, 0.2) is 0 Å². The highest BCUT2D eigenvalue weighted by Gasteiger charge is 2.28. The molecule has 1 unspecified atom stereocenters. The van der Waals surface area contributed by atoms with Crippen LogP contribution in [0, 0.1) is 5.92 Å². The van der Waals surface area contributed by atoms with Gasteiger partial charge in [-0.1, -0.05) is 33.6 Å². The Kier molecular flexibility index (Phi) is 7.69. The average Bonchev–Trinajstić information content (AvgIpc) is 3.09. The van der Waals surface area contributed by atoms with Crippen LogP contribution in [0.3, 0.4) is 0 Å². The summed E-state index contributed by atoms with van der Waals surface area (Å²) in [7, 11) is 4.37. The third-order valence-corrected chi connectivity index (χ3v) is 7.46. The summed E-state index contributed by atoms with van der Waals surface area (Å²) in [6, 6.07) is 0.698. The van der Waals surface area contributed by atoms with Crippen LogP contribution in [-0.2, 0) is 12.8 Å². The molecule has 5 heteroatoms. The molecule has 28 heavy (non-hydrogen) atoms. The molecule has 1 fully saturated rings. The molecule has 2 aliphatic carbocycles. The van der Waals surface area contributed by atoms with E-state index in [4.69, 9.17) is 4.74 Å². The van der Waals surface area contributed by atoms with Crippen LogP contribution in [0.1, 0.15) is 76.2 Å². The minimum atomic E-state index is 0.301. The first-order valence-corrected chi connectivity index (χ1v) is 12.1. The smallest absolute Gasteiger partial charge is 0.225 e. The first-order chi connectivity index (χ1) is 13.7. The van der Waals surface area contributed by atoms with Gasteiger partial charge in [-0.05, 0) is 70.5 Å². The summed E-state index contributed by atoms with van der Waals surface area (Å²) in [5.41, 5.74) is 1.49. The molecule has 2 aromatic heterocycles. The van der Waals surface area contributed by atoms with Crippen molar-refractivity contribution < 1.29 is 4.74 Å². The van der Waals surface area contributed by atoms with E-state index in [1.807, 2.05) is 25.2 Å². The standard InChI is InChI=1S/C21H31N3OS.C2H6/c1-4-5-14-6-11-18-17(12-14)19-20(22-13-23-21(19)26-18)25-16-9-7-15(8-10-16)24(2)3;1-2/h13-16H,4-12H2,1-3H3;1-2H3. The maximum absolute atomic E-state index is 6.45. The monoisotopic (exact) mass is 403 g/mol. The fraction of sp³-hybridized carbons (Fsp3) is 0.739. The highest BCUT2D eigenvalue weighted by molar-refractivity contribution is 7.18. The molecule has 0 spiro atoms. The number of ether oxygens (including phenoxy) is 1. The van der Waals surface area contributed by atoms with E-state index < -0.39 is 0 Å². The zero-order chi connectivity index (χ0) is 20.1. The molecule has 0 radical (unpaired) electrons. The molecule has 2 aromatic rings. The quantitative estimate of drug-likeness (QED) is 0.625. The Bertz CT molecular complexity index is 750. The average molecular weight is 404 g/mol. The van der Waals surface area contributed by atoms with Crippen molar-refractivity contribution in [2.45, 2.75) is 90.7 Å². The molecule has 0 aromatic carbocycles. The second-order valence-electron chi connectivity index (χ2n) is 8.27. The van der Waals surface area contributed by atoms with Crippen molar-refractivity contribution in [3.05, 3.63) is 16.8 Å². The number of aryl methyl sites for hydroxylation is 1. The Morgan fingerprint density at radius 3 is 2.54 bits per heavy atom. The summed E-state index contributed by atoms with van der Waals surface area (Å²) in [6.07, 6.45) is 13.0. The van der Waals surface area contributed by atoms with Crippen molar-refractivity contribution in [3.63, 3.8) is 0 Å². The minimum Gasteiger partial charge on any atom is -0.474 e. The highest BCUT2D eigenvalue weighted by atomic mass is 32.1. The first kappa shape index (κ1) is 21.5. The van der Waals surface area contributed by atoms with Crippen LogP contribution in [0.25, 0.3) is 10.2 Å². The SMILES string of the molecule is CC.CCCC1CCc2sc3ncnc(OC4CCC(N(C)C)CC4)c3c2C1. The van der Waals surface area contributed by atoms with Crippen LogP contribution in [0.2, 0.25) is 0 Å². The van der Waals surface area contributed by atoms with E-state index in [1.54, 1.807) is 6.33 Å². The Morgan fingerprint density at radius 1 is 1.11 bits per heavy atom. The summed E-state index contributed by atoms with van der Waals surface area (Å²) in [5.74, 6) is 1.66. The fourth-order valence-electron chi connectivity index (χ4n) is 4.73. The summed E-state index contributed by atoms with van der Waals surface area (Å²) in [6.45, 7) is 6.29. The summed E-state index contributed by atoms with van der Waals surface area (Å²) >= 11 is 1.86. The van der Waals surface area contributed by atoms with E-state index in [1.165, 1.54) is 60.8 Å². The van der Waals surface area contributed by atoms with E-state index >= 15 is 0 Å². The van der Waals surface area contributed by atoms with Gasteiger partial charge in [-0.2, -0.15) is 0 Å². The third-order valence-electron chi connectivity index (χ3n) is 6.26. The molecule has 0 saturated heterocycles. The van der Waals surface area contributed by atoms with Crippen LogP contribution in [-0.4, -0.2) is 41.1 Å². The maximum atomic E-state index is 6.45. The fourth-order valence-corrected chi connectivity index (χ4v) is 5.91. The molecule has 0 N–H and O–H groups in total. The lowest BCUT2D eigenvalue weighted by Gasteiger charge is -2.32. The van der Waals surface area contributed by atoms with Gasteiger partial charge in [0.25, 0.3) is 0 Å². The lowest BCUT2D eigenvalue weighted by Crippen LogP contribution is -2.35. The van der Waals surface area contributed by atoms with E-state index in [9.17, 15) is 0 Å². The number of thiophene rings is 1. The van der Waals surface area contributed by atoms with E-state index in [-0.39, 0.29) is 0 Å². The first-order valence-electron chi connectivity index (χ1n) is 11.2. The van der Waals surface area contributed by atoms with E-state index in [0.29, 0.717) is 12.1 Å². The normalized spacial score (nSPS) is 24.6. The maximum Gasteiger partial charge on any atom is 0.225 e. The van der Waals surface area contributed by atoms with Gasteiger partial charge in [-0.15, -0.1) is 11.3 Å². The highest BCUT2D eigenvalue weighted by Crippen LogP contribution is 2.42. The van der Waals surface area contributed by atoms with Crippen molar-refractivity contribution in [2.75, 3.05) is 14.1 Å². The lowest BCUT2D eigenvalue weighted by molar-refractivity contribution is 0.108. The zero-order valence-electron chi connectivity index (χ0n) is 18.3. The molecule has 0 aliphatic heterocycles. The molecule has 156 valence electrons. The van der Waals surface area contributed by atoms with Crippen molar-refractivity contribution in [1.82, 2.24) is 14.9 Å². The van der Waals surface area contributed by atoms with Crippen LogP contribution in [0.15, 0.2) is 6.33 Å². The summed E-state index contributed by atoms with van der Waals surface area (Å²) in [4.78, 5) is 14.1. The molecular weight excluding hydrogens is 366 g/mol. The molecule has 1 atom stereocenters. The number of fused-ring (bicyclic) bond motifs is 3. The largest absolute Gasteiger partial charge is 0.474 e. The molecular formula is C23H37N3OS. The van der Waals surface area contributed by atoms with Crippen LogP contribution >= 0.6 is 11.3 Å². The zero-order valence-corrected chi connectivity index (χ0v) is 19.1. The number of nitrogens with zero attached hydrogens (tertiary/aromatic N) is 3. The van der Waals surface area contributed by atoms with Gasteiger partial charge in [-0.25, -0.2) is 9.97 Å². The Hall–Kier alpha value is -1.20. The second-order valence-corrected chi connectivity index (χ2v) is 9.36. The van der Waals surface area contributed by atoms with Crippen LogP contribution in [0.4, 0.5) is 0 Å². The Balaban J connectivity index is 0.00000109. The molecule has 0 bridgehead atoms. The summed E-state index contributed by atoms with van der Waals surface area (Å²) < 4.78 is 6.45. The minimum absolute atomic E-state index is 0.301. The molecule has 4 rings (SSSR count).